The lowest BCUT2D eigenvalue weighted by Crippen LogP contribution is -2.13. The summed E-state index contributed by atoms with van der Waals surface area (Å²) in [5.41, 5.74) is 1.07. The van der Waals surface area contributed by atoms with Gasteiger partial charge in [0.2, 0.25) is 0 Å². The number of aryl methyl sites for hydroxylation is 1. The lowest BCUT2D eigenvalue weighted by molar-refractivity contribution is -0.106. The second kappa shape index (κ2) is 21.9. The number of ether oxygens (including phenoxy) is 4. The Kier molecular flexibility index (Phi) is 20.9. The zero-order valence-electron chi connectivity index (χ0n) is 17.9. The van der Waals surface area contributed by atoms with Gasteiger partial charge in [-0.1, -0.05) is 31.9 Å². The highest BCUT2D eigenvalue weighted by Gasteiger charge is 2.00. The molecule has 0 aliphatic carbocycles. The van der Waals surface area contributed by atoms with E-state index in [1.165, 1.54) is 26.2 Å². The number of carbonyl (C=O) groups excluding carboxylic acids is 1. The number of hydrogen-bond donors (Lipinski definition) is 0. The summed E-state index contributed by atoms with van der Waals surface area (Å²) >= 11 is 0. The quantitative estimate of drug-likeness (QED) is 0.276. The minimum atomic E-state index is 0.579. The lowest BCUT2D eigenvalue weighted by Gasteiger charge is -2.07. The van der Waals surface area contributed by atoms with Gasteiger partial charge in [-0.3, -0.25) is 0 Å². The SMILES string of the molecule is CC=O.CCCCCc1cn(CCOCCOCCOCCOCCC)nn1. The van der Waals surface area contributed by atoms with Crippen LogP contribution >= 0.6 is 0 Å². The zero-order valence-corrected chi connectivity index (χ0v) is 17.9. The third-order valence-corrected chi connectivity index (χ3v) is 3.55. The predicted molar refractivity (Wildman–Crippen MR) is 109 cm³/mol. The number of nitrogens with zero attached hydrogens (tertiary/aromatic N) is 3. The molecule has 0 atom stereocenters. The van der Waals surface area contributed by atoms with Crippen LogP contribution in [0, 0.1) is 0 Å². The molecule has 0 bridgehead atoms. The average Bonchev–Trinajstić information content (AvgIpc) is 3.14. The molecule has 0 saturated carbocycles. The van der Waals surface area contributed by atoms with E-state index in [0.29, 0.717) is 46.2 Å². The summed E-state index contributed by atoms with van der Waals surface area (Å²) in [6, 6.07) is 0. The van der Waals surface area contributed by atoms with Crippen LogP contribution in [0.5, 0.6) is 0 Å². The fourth-order valence-corrected chi connectivity index (χ4v) is 2.18. The van der Waals surface area contributed by atoms with E-state index in [0.717, 1.165) is 38.0 Å². The predicted octanol–water partition coefficient (Wildman–Crippen LogP) is 2.69. The third-order valence-electron chi connectivity index (χ3n) is 3.55. The Morgan fingerprint density at radius 2 is 1.39 bits per heavy atom. The van der Waals surface area contributed by atoms with Crippen LogP contribution in [-0.4, -0.2) is 74.1 Å². The molecule has 0 saturated heterocycles. The molecule has 164 valence electrons. The van der Waals surface area contributed by atoms with Crippen LogP contribution in [0.25, 0.3) is 0 Å². The summed E-state index contributed by atoms with van der Waals surface area (Å²) in [7, 11) is 0. The van der Waals surface area contributed by atoms with Crippen LogP contribution < -0.4 is 0 Å². The largest absolute Gasteiger partial charge is 0.379 e. The van der Waals surface area contributed by atoms with Gasteiger partial charge in [-0.25, -0.2) is 4.68 Å². The highest BCUT2D eigenvalue weighted by atomic mass is 16.6. The topological polar surface area (TPSA) is 84.7 Å². The van der Waals surface area contributed by atoms with E-state index in [2.05, 4.69) is 24.2 Å². The monoisotopic (exact) mass is 401 g/mol. The van der Waals surface area contributed by atoms with Crippen LogP contribution in [0.2, 0.25) is 0 Å². The molecule has 8 nitrogen and oxygen atoms in total. The molecule has 1 aromatic heterocycles. The molecule has 0 radical (unpaired) electrons. The minimum Gasteiger partial charge on any atom is -0.379 e. The lowest BCUT2D eigenvalue weighted by atomic mass is 10.2. The van der Waals surface area contributed by atoms with Gasteiger partial charge >= 0.3 is 0 Å². The molecule has 0 aromatic carbocycles. The van der Waals surface area contributed by atoms with E-state index in [-0.39, 0.29) is 0 Å². The van der Waals surface area contributed by atoms with Crippen molar-refractivity contribution >= 4 is 6.29 Å². The van der Waals surface area contributed by atoms with E-state index < -0.39 is 0 Å². The van der Waals surface area contributed by atoms with E-state index in [1.54, 1.807) is 0 Å². The first-order chi connectivity index (χ1) is 13.8. The molecule has 0 N–H and O–H groups in total. The Balaban J connectivity index is 0.00000227. The zero-order chi connectivity index (χ0) is 20.7. The summed E-state index contributed by atoms with van der Waals surface area (Å²) in [6.45, 7) is 11.5. The van der Waals surface area contributed by atoms with Crippen molar-refractivity contribution in [1.82, 2.24) is 15.0 Å². The van der Waals surface area contributed by atoms with E-state index in [4.69, 9.17) is 23.7 Å². The first kappa shape index (κ1) is 26.6. The second-order valence-electron chi connectivity index (χ2n) is 6.12. The number of hydrogen-bond acceptors (Lipinski definition) is 7. The molecular formula is C20H39N3O5. The Morgan fingerprint density at radius 1 is 0.857 bits per heavy atom. The molecule has 0 aliphatic rings. The van der Waals surface area contributed by atoms with Gasteiger partial charge in [0.05, 0.1) is 58.5 Å². The third kappa shape index (κ3) is 18.0. The van der Waals surface area contributed by atoms with Crippen molar-refractivity contribution in [3.63, 3.8) is 0 Å². The van der Waals surface area contributed by atoms with Crippen LogP contribution in [0.3, 0.4) is 0 Å². The highest BCUT2D eigenvalue weighted by Crippen LogP contribution is 2.02. The Bertz CT molecular complexity index is 443. The molecule has 1 aromatic rings. The number of aldehydes is 1. The fourth-order valence-electron chi connectivity index (χ4n) is 2.18. The Morgan fingerprint density at radius 3 is 1.93 bits per heavy atom. The van der Waals surface area contributed by atoms with Crippen molar-refractivity contribution in [2.45, 2.75) is 59.4 Å². The summed E-state index contributed by atoms with van der Waals surface area (Å²) in [6.07, 6.45) is 8.46. The van der Waals surface area contributed by atoms with Crippen molar-refractivity contribution in [2.24, 2.45) is 0 Å². The number of rotatable bonds is 18. The van der Waals surface area contributed by atoms with Gasteiger partial charge in [-0.05, 0) is 26.2 Å². The Labute approximate surface area is 169 Å². The normalized spacial score (nSPS) is 10.5. The van der Waals surface area contributed by atoms with Crippen molar-refractivity contribution in [3.8, 4) is 0 Å². The van der Waals surface area contributed by atoms with Crippen molar-refractivity contribution in [2.75, 3.05) is 52.9 Å². The Hall–Kier alpha value is -1.35. The van der Waals surface area contributed by atoms with E-state index in [9.17, 15) is 0 Å². The number of aromatic nitrogens is 3. The van der Waals surface area contributed by atoms with Crippen LogP contribution in [0.15, 0.2) is 6.20 Å². The molecule has 1 heterocycles. The van der Waals surface area contributed by atoms with E-state index >= 15 is 0 Å². The summed E-state index contributed by atoms with van der Waals surface area (Å²) in [4.78, 5) is 8.81. The molecule has 28 heavy (non-hydrogen) atoms. The highest BCUT2D eigenvalue weighted by molar-refractivity contribution is 5.44. The van der Waals surface area contributed by atoms with Crippen molar-refractivity contribution in [3.05, 3.63) is 11.9 Å². The summed E-state index contributed by atoms with van der Waals surface area (Å²) < 4.78 is 23.5. The average molecular weight is 402 g/mol. The van der Waals surface area contributed by atoms with Gasteiger partial charge in [0.15, 0.2) is 0 Å². The molecular weight excluding hydrogens is 362 g/mol. The van der Waals surface area contributed by atoms with Gasteiger partial charge in [0, 0.05) is 12.8 Å². The molecule has 0 unspecified atom stereocenters. The molecule has 0 spiro atoms. The number of carbonyl (C=O) groups is 1. The van der Waals surface area contributed by atoms with Gasteiger partial charge in [-0.15, -0.1) is 5.10 Å². The molecule has 0 fully saturated rings. The van der Waals surface area contributed by atoms with Gasteiger partial charge in [0.25, 0.3) is 0 Å². The van der Waals surface area contributed by atoms with Gasteiger partial charge in [-0.2, -0.15) is 0 Å². The standard InChI is InChI=1S/C18H35N3O4.C2H4O/c1-3-5-6-7-18-17-21(20-19-18)8-10-23-12-14-25-16-15-24-13-11-22-9-4-2;1-2-3/h17H,3-16H2,1-2H3;2H,1H3. The summed E-state index contributed by atoms with van der Waals surface area (Å²) in [5, 5.41) is 8.30. The van der Waals surface area contributed by atoms with Gasteiger partial charge in [0.1, 0.15) is 6.29 Å². The molecule has 8 heteroatoms. The van der Waals surface area contributed by atoms with Crippen LogP contribution in [0.4, 0.5) is 0 Å². The molecule has 0 aliphatic heterocycles. The van der Waals surface area contributed by atoms with Gasteiger partial charge < -0.3 is 23.7 Å². The van der Waals surface area contributed by atoms with Crippen LogP contribution in [-0.2, 0) is 36.7 Å². The molecule has 0 amide bonds. The maximum absolute atomic E-state index is 8.81. The second-order valence-corrected chi connectivity index (χ2v) is 6.12. The minimum absolute atomic E-state index is 0.579. The fraction of sp³-hybridized carbons (Fsp3) is 0.850. The maximum Gasteiger partial charge on any atom is 0.116 e. The van der Waals surface area contributed by atoms with E-state index in [1.807, 2.05) is 10.9 Å². The van der Waals surface area contributed by atoms with Crippen molar-refractivity contribution in [1.29, 1.82) is 0 Å². The van der Waals surface area contributed by atoms with Crippen molar-refractivity contribution < 1.29 is 23.7 Å². The van der Waals surface area contributed by atoms with Crippen LogP contribution in [0.1, 0.15) is 52.1 Å². The molecule has 1 rings (SSSR count). The summed E-state index contributed by atoms with van der Waals surface area (Å²) in [5.74, 6) is 0. The maximum atomic E-state index is 8.81. The number of unbranched alkanes of at least 4 members (excludes halogenated alkanes) is 2. The smallest absolute Gasteiger partial charge is 0.116 e. The first-order valence-corrected chi connectivity index (χ1v) is 10.4. The first-order valence-electron chi connectivity index (χ1n) is 10.4.